The van der Waals surface area contributed by atoms with Crippen LogP contribution in [0.25, 0.3) is 4.96 Å². The number of carboxylic acid groups (broad SMARTS) is 1. The first-order valence-corrected chi connectivity index (χ1v) is 6.48. The predicted octanol–water partition coefficient (Wildman–Crippen LogP) is 2.67. The average molecular weight is 274 g/mol. The fourth-order valence-electron chi connectivity index (χ4n) is 1.77. The second-order valence-corrected chi connectivity index (χ2v) is 4.79. The molecule has 0 radical (unpaired) electrons. The Kier molecular flexibility index (Phi) is 2.92. The Morgan fingerprint density at radius 1 is 1.42 bits per heavy atom. The molecule has 0 unspecified atom stereocenters. The Bertz CT molecular complexity index is 704. The van der Waals surface area contributed by atoms with Gasteiger partial charge in [-0.3, -0.25) is 4.40 Å². The van der Waals surface area contributed by atoms with E-state index in [2.05, 4.69) is 4.98 Å². The quantitative estimate of drug-likeness (QED) is 0.794. The molecule has 0 aliphatic rings. The Morgan fingerprint density at radius 2 is 2.26 bits per heavy atom. The normalized spacial score (nSPS) is 10.7. The van der Waals surface area contributed by atoms with Crippen LogP contribution in [-0.4, -0.2) is 20.5 Å². The van der Waals surface area contributed by atoms with Crippen LogP contribution >= 0.6 is 11.3 Å². The number of carbonyl (C=O) groups is 1. The van der Waals surface area contributed by atoms with Crippen LogP contribution in [0.4, 0.5) is 0 Å². The van der Waals surface area contributed by atoms with Crippen LogP contribution < -0.4 is 4.74 Å². The lowest BCUT2D eigenvalue weighted by Gasteiger charge is -2.06. The van der Waals surface area contributed by atoms with Gasteiger partial charge >= 0.3 is 5.97 Å². The van der Waals surface area contributed by atoms with Crippen LogP contribution in [0.5, 0.6) is 5.75 Å². The molecule has 0 spiro atoms. The van der Waals surface area contributed by atoms with Crippen molar-refractivity contribution in [3.05, 3.63) is 53.3 Å². The van der Waals surface area contributed by atoms with Gasteiger partial charge in [0.2, 0.25) is 0 Å². The molecule has 0 atom stereocenters. The zero-order valence-electron chi connectivity index (χ0n) is 9.81. The number of carboxylic acids is 1. The van der Waals surface area contributed by atoms with Gasteiger partial charge in [0, 0.05) is 17.8 Å². The second kappa shape index (κ2) is 4.74. The fourth-order valence-corrected chi connectivity index (χ4v) is 2.49. The van der Waals surface area contributed by atoms with Crippen LogP contribution in [0.1, 0.15) is 16.1 Å². The van der Waals surface area contributed by atoms with Crippen LogP contribution in [0, 0.1) is 0 Å². The fraction of sp³-hybridized carbons (Fsp3) is 0.0769. The zero-order valence-corrected chi connectivity index (χ0v) is 10.6. The maximum Gasteiger partial charge on any atom is 0.339 e. The molecule has 3 aromatic rings. The molecule has 0 saturated heterocycles. The van der Waals surface area contributed by atoms with Crippen molar-refractivity contribution in [2.24, 2.45) is 0 Å². The van der Waals surface area contributed by atoms with E-state index in [1.54, 1.807) is 29.5 Å². The van der Waals surface area contributed by atoms with Gasteiger partial charge in [0.15, 0.2) is 4.96 Å². The van der Waals surface area contributed by atoms with Gasteiger partial charge in [-0.25, -0.2) is 9.78 Å². The third-order valence-electron chi connectivity index (χ3n) is 2.64. The SMILES string of the molecule is O=C(O)c1ccccc1OCc1cn2ccsc2n1. The smallest absolute Gasteiger partial charge is 0.339 e. The van der Waals surface area contributed by atoms with Crippen molar-refractivity contribution in [1.82, 2.24) is 9.38 Å². The maximum absolute atomic E-state index is 11.0. The lowest BCUT2D eigenvalue weighted by molar-refractivity contribution is 0.0691. The molecule has 0 saturated carbocycles. The number of hydrogen-bond donors (Lipinski definition) is 1. The molecule has 3 rings (SSSR count). The van der Waals surface area contributed by atoms with Gasteiger partial charge in [-0.1, -0.05) is 12.1 Å². The van der Waals surface area contributed by atoms with E-state index in [0.717, 1.165) is 10.7 Å². The number of ether oxygens (including phenoxy) is 1. The molecule has 2 aromatic heterocycles. The number of benzene rings is 1. The number of thiazole rings is 1. The monoisotopic (exact) mass is 274 g/mol. The highest BCUT2D eigenvalue weighted by Gasteiger charge is 2.11. The van der Waals surface area contributed by atoms with Gasteiger partial charge in [0.05, 0.1) is 5.69 Å². The summed E-state index contributed by atoms with van der Waals surface area (Å²) in [6, 6.07) is 6.57. The molecule has 6 heteroatoms. The summed E-state index contributed by atoms with van der Waals surface area (Å²) in [5, 5.41) is 11.0. The molecule has 0 bridgehead atoms. The van der Waals surface area contributed by atoms with Gasteiger partial charge in [-0.05, 0) is 12.1 Å². The lowest BCUT2D eigenvalue weighted by atomic mass is 10.2. The number of aromatic nitrogens is 2. The second-order valence-electron chi connectivity index (χ2n) is 3.92. The van der Waals surface area contributed by atoms with E-state index in [9.17, 15) is 4.79 Å². The van der Waals surface area contributed by atoms with E-state index in [-0.39, 0.29) is 12.2 Å². The molecule has 1 N–H and O–H groups in total. The van der Waals surface area contributed by atoms with E-state index in [1.165, 1.54) is 6.07 Å². The number of fused-ring (bicyclic) bond motifs is 1. The average Bonchev–Trinajstić information content (AvgIpc) is 2.97. The number of para-hydroxylation sites is 1. The molecule has 0 fully saturated rings. The summed E-state index contributed by atoms with van der Waals surface area (Å²) in [6.07, 6.45) is 3.79. The van der Waals surface area contributed by atoms with E-state index in [1.807, 2.05) is 22.2 Å². The topological polar surface area (TPSA) is 63.8 Å². The summed E-state index contributed by atoms with van der Waals surface area (Å²) >= 11 is 1.54. The van der Waals surface area contributed by atoms with Crippen molar-refractivity contribution in [2.45, 2.75) is 6.61 Å². The Balaban J connectivity index is 1.79. The van der Waals surface area contributed by atoms with Crippen molar-refractivity contribution >= 4 is 22.3 Å². The molecule has 0 aliphatic heterocycles. The Labute approximate surface area is 112 Å². The summed E-state index contributed by atoms with van der Waals surface area (Å²) in [4.78, 5) is 16.3. The minimum Gasteiger partial charge on any atom is -0.486 e. The number of hydrogen-bond acceptors (Lipinski definition) is 4. The standard InChI is InChI=1S/C13H10N2O3S/c16-12(17)10-3-1-2-4-11(10)18-8-9-7-15-5-6-19-13(15)14-9/h1-7H,8H2,(H,16,17). The molecule has 5 nitrogen and oxygen atoms in total. The highest BCUT2D eigenvalue weighted by molar-refractivity contribution is 7.15. The molecule has 96 valence electrons. The van der Waals surface area contributed by atoms with E-state index >= 15 is 0 Å². The van der Waals surface area contributed by atoms with Crippen molar-refractivity contribution in [1.29, 1.82) is 0 Å². The molecular formula is C13H10N2O3S. The van der Waals surface area contributed by atoms with Gasteiger partial charge < -0.3 is 9.84 Å². The van der Waals surface area contributed by atoms with Crippen LogP contribution in [0.15, 0.2) is 42.0 Å². The van der Waals surface area contributed by atoms with Crippen molar-refractivity contribution in [3.63, 3.8) is 0 Å². The summed E-state index contributed by atoms with van der Waals surface area (Å²) in [7, 11) is 0. The summed E-state index contributed by atoms with van der Waals surface area (Å²) in [5.41, 5.74) is 0.926. The van der Waals surface area contributed by atoms with Crippen molar-refractivity contribution in [3.8, 4) is 5.75 Å². The third kappa shape index (κ3) is 2.30. The van der Waals surface area contributed by atoms with Gasteiger partial charge in [0.25, 0.3) is 0 Å². The lowest BCUT2D eigenvalue weighted by Crippen LogP contribution is -2.03. The number of nitrogens with zero attached hydrogens (tertiary/aromatic N) is 2. The van der Waals surface area contributed by atoms with Gasteiger partial charge in [-0.2, -0.15) is 0 Å². The summed E-state index contributed by atoms with van der Waals surface area (Å²) in [5.74, 6) is -0.646. The molecule has 0 aliphatic carbocycles. The van der Waals surface area contributed by atoms with Crippen molar-refractivity contribution in [2.75, 3.05) is 0 Å². The predicted molar refractivity (Wildman–Crippen MR) is 70.8 cm³/mol. The van der Waals surface area contributed by atoms with E-state index < -0.39 is 5.97 Å². The zero-order chi connectivity index (χ0) is 13.2. The largest absolute Gasteiger partial charge is 0.486 e. The van der Waals surface area contributed by atoms with Crippen LogP contribution in [-0.2, 0) is 6.61 Å². The molecule has 19 heavy (non-hydrogen) atoms. The first-order chi connectivity index (χ1) is 9.24. The molecule has 0 amide bonds. The Morgan fingerprint density at radius 3 is 3.05 bits per heavy atom. The molecule has 1 aromatic carbocycles. The van der Waals surface area contributed by atoms with Gasteiger partial charge in [-0.15, -0.1) is 11.3 Å². The van der Waals surface area contributed by atoms with E-state index in [0.29, 0.717) is 5.75 Å². The minimum atomic E-state index is -0.999. The van der Waals surface area contributed by atoms with Crippen LogP contribution in [0.3, 0.4) is 0 Å². The summed E-state index contributed by atoms with van der Waals surface area (Å²) < 4.78 is 7.44. The number of aromatic carboxylic acids is 1. The Hall–Kier alpha value is -2.34. The van der Waals surface area contributed by atoms with Gasteiger partial charge in [0.1, 0.15) is 17.9 Å². The summed E-state index contributed by atoms with van der Waals surface area (Å²) in [6.45, 7) is 0.249. The highest BCUT2D eigenvalue weighted by Crippen LogP contribution is 2.19. The first-order valence-electron chi connectivity index (χ1n) is 5.60. The number of imidazole rings is 1. The van der Waals surface area contributed by atoms with Crippen molar-refractivity contribution < 1.29 is 14.6 Å². The first kappa shape index (κ1) is 11.7. The third-order valence-corrected chi connectivity index (χ3v) is 3.41. The van der Waals surface area contributed by atoms with E-state index in [4.69, 9.17) is 9.84 Å². The highest BCUT2D eigenvalue weighted by atomic mass is 32.1. The van der Waals surface area contributed by atoms with Crippen LogP contribution in [0.2, 0.25) is 0 Å². The maximum atomic E-state index is 11.0. The molecular weight excluding hydrogens is 264 g/mol. The molecule has 2 heterocycles. The number of rotatable bonds is 4. The minimum absolute atomic E-state index is 0.156.